The molecule has 2 atom stereocenters. The van der Waals surface area contributed by atoms with Crippen molar-refractivity contribution in [3.05, 3.63) is 60.8 Å². The first kappa shape index (κ1) is 20.2. The summed E-state index contributed by atoms with van der Waals surface area (Å²) in [4.78, 5) is 25.8. The van der Waals surface area contributed by atoms with E-state index in [9.17, 15) is 9.90 Å². The molecule has 31 heavy (non-hydrogen) atoms. The first-order valence-electron chi connectivity index (χ1n) is 11.0. The second kappa shape index (κ2) is 8.05. The number of piperidine rings is 1. The largest absolute Gasteiger partial charge is 0.388 e. The van der Waals surface area contributed by atoms with Crippen LogP contribution in [0.15, 0.2) is 55.1 Å². The third-order valence-corrected chi connectivity index (χ3v) is 6.74. The molecular formula is C24H29N5O2. The minimum absolute atomic E-state index is 0.111. The first-order chi connectivity index (χ1) is 15.0. The zero-order chi connectivity index (χ0) is 21.4. The van der Waals surface area contributed by atoms with Gasteiger partial charge in [0.05, 0.1) is 36.1 Å². The molecule has 3 aromatic rings. The molecule has 2 fully saturated rings. The smallest absolute Gasteiger partial charge is 0.237 e. The van der Waals surface area contributed by atoms with E-state index in [0.29, 0.717) is 32.5 Å². The molecule has 0 saturated carbocycles. The Hall–Kier alpha value is -2.77. The van der Waals surface area contributed by atoms with E-state index in [2.05, 4.69) is 25.5 Å². The summed E-state index contributed by atoms with van der Waals surface area (Å²) in [6.07, 6.45) is 10.6. The quantitative estimate of drug-likeness (QED) is 0.664. The van der Waals surface area contributed by atoms with Crippen LogP contribution >= 0.6 is 0 Å². The van der Waals surface area contributed by atoms with Crippen molar-refractivity contribution >= 4 is 16.8 Å². The van der Waals surface area contributed by atoms with Crippen LogP contribution in [0.1, 0.15) is 31.4 Å². The number of amides is 1. The van der Waals surface area contributed by atoms with Gasteiger partial charge in [0, 0.05) is 42.6 Å². The molecule has 0 aliphatic carbocycles. The molecule has 1 amide bonds. The number of rotatable bonds is 6. The van der Waals surface area contributed by atoms with Gasteiger partial charge in [0.25, 0.3) is 0 Å². The molecule has 0 radical (unpaired) electrons. The molecule has 0 aromatic carbocycles. The van der Waals surface area contributed by atoms with Gasteiger partial charge in [0.1, 0.15) is 0 Å². The summed E-state index contributed by atoms with van der Waals surface area (Å²) in [5, 5.41) is 12.6. The molecule has 7 heteroatoms. The van der Waals surface area contributed by atoms with Crippen molar-refractivity contribution in [1.82, 2.24) is 24.3 Å². The highest BCUT2D eigenvalue weighted by Gasteiger charge is 2.49. The predicted octanol–water partition coefficient (Wildman–Crippen LogP) is 2.45. The highest BCUT2D eigenvalue weighted by Crippen LogP contribution is 2.42. The van der Waals surface area contributed by atoms with Crippen LogP contribution in [-0.4, -0.2) is 66.6 Å². The fourth-order valence-corrected chi connectivity index (χ4v) is 5.48. The maximum atomic E-state index is 13.1. The Morgan fingerprint density at radius 2 is 2.00 bits per heavy atom. The average Bonchev–Trinajstić information content (AvgIpc) is 3.27. The van der Waals surface area contributed by atoms with Gasteiger partial charge in [0.15, 0.2) is 0 Å². The van der Waals surface area contributed by atoms with Gasteiger partial charge in [-0.15, -0.1) is 0 Å². The number of pyridine rings is 2. The zero-order valence-electron chi connectivity index (χ0n) is 17.9. The lowest BCUT2D eigenvalue weighted by atomic mass is 9.85. The van der Waals surface area contributed by atoms with Crippen LogP contribution in [0.25, 0.3) is 10.9 Å². The van der Waals surface area contributed by atoms with E-state index in [4.69, 9.17) is 0 Å². The number of carbonyl (C=O) groups is 1. The number of carbonyl (C=O) groups excluding carboxylic acids is 1. The zero-order valence-corrected chi connectivity index (χ0v) is 17.9. The van der Waals surface area contributed by atoms with E-state index in [1.165, 1.54) is 0 Å². The molecule has 162 valence electrons. The third kappa shape index (κ3) is 4.07. The van der Waals surface area contributed by atoms with Crippen molar-refractivity contribution in [2.45, 2.75) is 56.5 Å². The van der Waals surface area contributed by atoms with Crippen molar-refractivity contribution in [3.63, 3.8) is 0 Å². The van der Waals surface area contributed by atoms with E-state index >= 15 is 0 Å². The summed E-state index contributed by atoms with van der Waals surface area (Å²) < 4.78 is 2.10. The van der Waals surface area contributed by atoms with Gasteiger partial charge in [-0.1, -0.05) is 6.07 Å². The summed E-state index contributed by atoms with van der Waals surface area (Å²) in [5.74, 6) is 0.156. The maximum absolute atomic E-state index is 13.1. The molecule has 5 rings (SSSR count). The van der Waals surface area contributed by atoms with E-state index < -0.39 is 5.60 Å². The van der Waals surface area contributed by atoms with Gasteiger partial charge < -0.3 is 14.6 Å². The molecule has 2 aliphatic heterocycles. The van der Waals surface area contributed by atoms with Crippen LogP contribution in [0.2, 0.25) is 0 Å². The molecule has 2 bridgehead atoms. The highest BCUT2D eigenvalue weighted by atomic mass is 16.3. The number of nitrogens with zero attached hydrogens (tertiary/aromatic N) is 5. The minimum Gasteiger partial charge on any atom is -0.388 e. The highest BCUT2D eigenvalue weighted by molar-refractivity contribution is 5.80. The summed E-state index contributed by atoms with van der Waals surface area (Å²) in [7, 11) is 1.96. The second-order valence-corrected chi connectivity index (χ2v) is 9.19. The van der Waals surface area contributed by atoms with Crippen LogP contribution < -0.4 is 0 Å². The molecule has 1 N–H and O–H groups in total. The Morgan fingerprint density at radius 1 is 1.19 bits per heavy atom. The number of fused-ring (bicyclic) bond motifs is 3. The molecule has 2 aliphatic rings. The summed E-state index contributed by atoms with van der Waals surface area (Å²) in [5.41, 5.74) is 1.20. The Morgan fingerprint density at radius 3 is 2.74 bits per heavy atom. The van der Waals surface area contributed by atoms with Crippen molar-refractivity contribution in [1.29, 1.82) is 0 Å². The SMILES string of the molecule is CN(CC(=O)N1C2CCC1CC(O)(Cn1ccc3ccncc31)C2)Cc1ccccn1. The lowest BCUT2D eigenvalue weighted by Gasteiger charge is -2.44. The van der Waals surface area contributed by atoms with Crippen LogP contribution in [0.4, 0.5) is 0 Å². The van der Waals surface area contributed by atoms with Crippen LogP contribution in [-0.2, 0) is 17.9 Å². The number of likely N-dealkylation sites (N-methyl/N-ethyl adjacent to an activating group) is 1. The number of aliphatic hydroxyl groups is 1. The van der Waals surface area contributed by atoms with E-state index in [1.807, 2.05) is 48.6 Å². The normalized spacial score (nSPS) is 25.5. The van der Waals surface area contributed by atoms with E-state index in [-0.39, 0.29) is 18.0 Å². The van der Waals surface area contributed by atoms with Crippen LogP contribution in [0, 0.1) is 0 Å². The number of hydrogen-bond donors (Lipinski definition) is 1. The lowest BCUT2D eigenvalue weighted by Crippen LogP contribution is -2.56. The van der Waals surface area contributed by atoms with Crippen molar-refractivity contribution < 1.29 is 9.90 Å². The number of hydrogen-bond acceptors (Lipinski definition) is 5. The van der Waals surface area contributed by atoms with E-state index in [0.717, 1.165) is 29.4 Å². The Labute approximate surface area is 182 Å². The molecule has 3 aromatic heterocycles. The Kier molecular flexibility index (Phi) is 5.24. The molecule has 0 spiro atoms. The fourth-order valence-electron chi connectivity index (χ4n) is 5.48. The monoisotopic (exact) mass is 419 g/mol. The molecule has 7 nitrogen and oxygen atoms in total. The van der Waals surface area contributed by atoms with Crippen molar-refractivity contribution in [3.8, 4) is 0 Å². The van der Waals surface area contributed by atoms with Gasteiger partial charge in [-0.2, -0.15) is 0 Å². The Balaban J connectivity index is 1.24. The summed E-state index contributed by atoms with van der Waals surface area (Å²) >= 11 is 0. The molecule has 5 heterocycles. The maximum Gasteiger partial charge on any atom is 0.237 e. The topological polar surface area (TPSA) is 74.5 Å². The first-order valence-corrected chi connectivity index (χ1v) is 11.0. The predicted molar refractivity (Wildman–Crippen MR) is 118 cm³/mol. The van der Waals surface area contributed by atoms with Gasteiger partial charge in [-0.25, -0.2) is 0 Å². The van der Waals surface area contributed by atoms with Crippen LogP contribution in [0.5, 0.6) is 0 Å². The Bertz CT molecular complexity index is 1050. The van der Waals surface area contributed by atoms with Crippen molar-refractivity contribution in [2.24, 2.45) is 0 Å². The number of aromatic nitrogens is 3. The van der Waals surface area contributed by atoms with Gasteiger partial charge >= 0.3 is 0 Å². The van der Waals surface area contributed by atoms with Gasteiger partial charge in [-0.05, 0) is 57.0 Å². The fraction of sp³-hybridized carbons (Fsp3) is 0.458. The minimum atomic E-state index is -0.801. The standard InChI is InChI=1S/C24H29N5O2/c1-27(15-19-4-2-3-9-26-19)16-23(30)29-20-5-6-21(29)13-24(31,12-20)17-28-11-8-18-7-10-25-14-22(18)28/h2-4,7-11,14,20-21,31H,5-6,12-13,15-17H2,1H3. The summed E-state index contributed by atoms with van der Waals surface area (Å²) in [6.45, 7) is 1.56. The summed E-state index contributed by atoms with van der Waals surface area (Å²) in [6, 6.07) is 10.1. The van der Waals surface area contributed by atoms with Crippen LogP contribution in [0.3, 0.4) is 0 Å². The molecule has 2 saturated heterocycles. The molecule has 2 unspecified atom stereocenters. The second-order valence-electron chi connectivity index (χ2n) is 9.19. The van der Waals surface area contributed by atoms with Crippen molar-refractivity contribution in [2.75, 3.05) is 13.6 Å². The lowest BCUT2D eigenvalue weighted by molar-refractivity contribution is -0.143. The van der Waals surface area contributed by atoms with Gasteiger partial charge in [-0.3, -0.25) is 19.7 Å². The third-order valence-electron chi connectivity index (χ3n) is 6.74. The molecular weight excluding hydrogens is 390 g/mol. The van der Waals surface area contributed by atoms with Gasteiger partial charge in [0.2, 0.25) is 5.91 Å². The van der Waals surface area contributed by atoms with E-state index in [1.54, 1.807) is 12.4 Å². The average molecular weight is 420 g/mol.